The van der Waals surface area contributed by atoms with Gasteiger partial charge in [-0.15, -0.1) is 0 Å². The van der Waals surface area contributed by atoms with Crippen LogP contribution in [0, 0.1) is 0 Å². The quantitative estimate of drug-likeness (QED) is 0.217. The van der Waals surface area contributed by atoms with Gasteiger partial charge in [0.15, 0.2) is 6.17 Å². The van der Waals surface area contributed by atoms with Crippen LogP contribution in [-0.4, -0.2) is 44.8 Å². The molecule has 1 atom stereocenters. The number of alkyl halides is 3. The van der Waals surface area contributed by atoms with Crippen LogP contribution in [-0.2, 0) is 27.8 Å². The Hall–Kier alpha value is -4.07. The molecule has 0 aliphatic rings. The Morgan fingerprint density at radius 2 is 1.79 bits per heavy atom. The molecular formula is C28H26ClF3N4O5S. The van der Waals surface area contributed by atoms with E-state index in [0.717, 1.165) is 17.1 Å². The first-order valence-corrected chi connectivity index (χ1v) is 14.2. The van der Waals surface area contributed by atoms with Gasteiger partial charge >= 0.3 is 0 Å². The minimum absolute atomic E-state index is 0.0685. The number of rotatable bonds is 12. The van der Waals surface area contributed by atoms with E-state index in [1.807, 2.05) is 0 Å². The third kappa shape index (κ3) is 7.22. The van der Waals surface area contributed by atoms with Crippen LogP contribution < -0.4 is 19.5 Å². The number of methoxy groups -OCH3 is 2. The van der Waals surface area contributed by atoms with E-state index in [-0.39, 0.29) is 29.2 Å². The highest BCUT2D eigenvalue weighted by Crippen LogP contribution is 2.29. The molecule has 14 heteroatoms. The van der Waals surface area contributed by atoms with Crippen molar-refractivity contribution in [2.24, 2.45) is 0 Å². The lowest BCUT2D eigenvalue weighted by atomic mass is 10.1. The molecule has 4 aromatic rings. The number of ether oxygens (including phenoxy) is 2. The molecule has 1 amide bonds. The number of sulfonamides is 1. The second kappa shape index (κ2) is 13.3. The molecular weight excluding hydrogens is 597 g/mol. The van der Waals surface area contributed by atoms with Crippen molar-refractivity contribution in [3.8, 4) is 17.2 Å². The van der Waals surface area contributed by atoms with Crippen molar-refractivity contribution in [2.75, 3.05) is 19.5 Å². The van der Waals surface area contributed by atoms with E-state index in [1.54, 1.807) is 42.5 Å². The van der Waals surface area contributed by atoms with Crippen molar-refractivity contribution in [1.29, 1.82) is 0 Å². The molecule has 0 spiro atoms. The molecule has 1 heterocycles. The monoisotopic (exact) mass is 622 g/mol. The molecule has 0 fully saturated rings. The van der Waals surface area contributed by atoms with E-state index in [9.17, 15) is 26.4 Å². The predicted octanol–water partition coefficient (Wildman–Crippen LogP) is 5.48. The Kier molecular flexibility index (Phi) is 9.76. The maximum Gasteiger partial charge on any atom is 0.273 e. The minimum Gasteiger partial charge on any atom is -0.497 e. The van der Waals surface area contributed by atoms with Gasteiger partial charge in [0.2, 0.25) is 15.9 Å². The van der Waals surface area contributed by atoms with Crippen LogP contribution in [0.3, 0.4) is 0 Å². The van der Waals surface area contributed by atoms with Gasteiger partial charge in [0.1, 0.15) is 16.4 Å². The molecule has 9 nitrogen and oxygen atoms in total. The number of nitrogens with one attached hydrogen (secondary N) is 2. The molecule has 0 saturated heterocycles. The number of amides is 1. The van der Waals surface area contributed by atoms with Crippen molar-refractivity contribution in [3.63, 3.8) is 0 Å². The first-order chi connectivity index (χ1) is 20.0. The summed E-state index contributed by atoms with van der Waals surface area (Å²) in [6.45, 7) is -0.194. The van der Waals surface area contributed by atoms with Crippen LogP contribution in [0.25, 0.3) is 5.69 Å². The van der Waals surface area contributed by atoms with Crippen molar-refractivity contribution in [2.45, 2.75) is 30.5 Å². The lowest BCUT2D eigenvalue weighted by Crippen LogP contribution is -2.25. The second-order valence-corrected chi connectivity index (χ2v) is 11.1. The maximum atomic E-state index is 14.0. The molecule has 0 bridgehead atoms. The van der Waals surface area contributed by atoms with E-state index in [0.29, 0.717) is 27.6 Å². The van der Waals surface area contributed by atoms with Gasteiger partial charge in [-0.3, -0.25) is 4.79 Å². The van der Waals surface area contributed by atoms with E-state index in [4.69, 9.17) is 21.1 Å². The maximum absolute atomic E-state index is 14.0. The van der Waals surface area contributed by atoms with Crippen molar-refractivity contribution < 1.29 is 35.9 Å². The largest absolute Gasteiger partial charge is 0.497 e. The van der Waals surface area contributed by atoms with Gasteiger partial charge in [-0.1, -0.05) is 35.9 Å². The number of nitrogens with zero attached hydrogens (tertiary/aromatic N) is 2. The first kappa shape index (κ1) is 30.9. The summed E-state index contributed by atoms with van der Waals surface area (Å²) >= 11 is 6.15. The molecule has 3 aromatic carbocycles. The highest BCUT2D eigenvalue weighted by molar-refractivity contribution is 7.89. The second-order valence-electron chi connectivity index (χ2n) is 8.96. The van der Waals surface area contributed by atoms with Crippen LogP contribution in [0.1, 0.15) is 22.9 Å². The highest BCUT2D eigenvalue weighted by atomic mass is 35.5. The fourth-order valence-corrected chi connectivity index (χ4v) is 5.44. The zero-order valence-electron chi connectivity index (χ0n) is 22.4. The number of hydrogen-bond donors (Lipinski definition) is 2. The van der Waals surface area contributed by atoms with Crippen LogP contribution in [0.2, 0.25) is 5.02 Å². The summed E-state index contributed by atoms with van der Waals surface area (Å²) in [6.07, 6.45) is -4.10. The molecule has 0 radical (unpaired) electrons. The van der Waals surface area contributed by atoms with Crippen LogP contribution in [0.5, 0.6) is 11.5 Å². The number of anilines is 1. The predicted molar refractivity (Wildman–Crippen MR) is 151 cm³/mol. The minimum atomic E-state index is -4.34. The summed E-state index contributed by atoms with van der Waals surface area (Å²) < 4.78 is 81.0. The van der Waals surface area contributed by atoms with Crippen LogP contribution in [0.4, 0.5) is 18.9 Å². The van der Waals surface area contributed by atoms with E-state index in [2.05, 4.69) is 15.1 Å². The van der Waals surface area contributed by atoms with Crippen molar-refractivity contribution in [1.82, 2.24) is 14.5 Å². The van der Waals surface area contributed by atoms with E-state index < -0.39 is 34.1 Å². The smallest absolute Gasteiger partial charge is 0.273 e. The molecule has 0 aliphatic carbocycles. The normalized spacial score (nSPS) is 12.3. The molecule has 1 aromatic heterocycles. The Morgan fingerprint density at radius 1 is 1.02 bits per heavy atom. The standard InChI is InChI=1S/C28H26ClF3N4O5S/c1-40-21-9-7-18(24(13-21)41-2)15-34-42(38,39)25-12-20(35-26(37)11-17-5-3-4-6-22(17)29)8-10-23(25)36-16-19(14-33-36)27(30)28(31)32/h3-10,12-14,16,27-28,34H,11,15H2,1-2H3,(H,35,37). The summed E-state index contributed by atoms with van der Waals surface area (Å²) in [7, 11) is -1.44. The van der Waals surface area contributed by atoms with Gasteiger partial charge < -0.3 is 14.8 Å². The van der Waals surface area contributed by atoms with Crippen molar-refractivity contribution in [3.05, 3.63) is 94.8 Å². The molecule has 2 N–H and O–H groups in total. The number of halogens is 4. The van der Waals surface area contributed by atoms with Crippen molar-refractivity contribution >= 4 is 33.2 Å². The summed E-state index contributed by atoms with van der Waals surface area (Å²) in [6, 6.07) is 15.5. The molecule has 222 valence electrons. The highest BCUT2D eigenvalue weighted by Gasteiger charge is 2.26. The summed E-state index contributed by atoms with van der Waals surface area (Å²) in [5.74, 6) is 0.412. The third-order valence-electron chi connectivity index (χ3n) is 6.18. The average molecular weight is 623 g/mol. The molecule has 4 rings (SSSR count). The van der Waals surface area contributed by atoms with Gasteiger partial charge in [0, 0.05) is 40.6 Å². The lowest BCUT2D eigenvalue weighted by Gasteiger charge is -2.15. The Bertz CT molecular complexity index is 1680. The SMILES string of the molecule is COc1ccc(CNS(=O)(=O)c2cc(NC(=O)Cc3ccccc3Cl)ccc2-n2cc(C(F)C(F)F)cn2)c(OC)c1. The summed E-state index contributed by atoms with van der Waals surface area (Å²) in [4.78, 5) is 12.4. The number of carbonyl (C=O) groups is 1. The Balaban J connectivity index is 1.67. The third-order valence-corrected chi connectivity index (χ3v) is 7.98. The van der Waals surface area contributed by atoms with E-state index in [1.165, 1.54) is 32.4 Å². The molecule has 0 aliphatic heterocycles. The zero-order valence-corrected chi connectivity index (χ0v) is 23.9. The first-order valence-electron chi connectivity index (χ1n) is 12.4. The Labute approximate surface area is 245 Å². The lowest BCUT2D eigenvalue weighted by molar-refractivity contribution is -0.115. The molecule has 42 heavy (non-hydrogen) atoms. The molecule has 0 saturated carbocycles. The van der Waals surface area contributed by atoms with E-state index >= 15 is 0 Å². The topological polar surface area (TPSA) is 112 Å². The summed E-state index contributed by atoms with van der Waals surface area (Å²) in [5.41, 5.74) is 0.690. The zero-order chi connectivity index (χ0) is 30.4. The molecule has 1 unspecified atom stereocenters. The van der Waals surface area contributed by atoms with Crippen LogP contribution in [0.15, 0.2) is 78.0 Å². The summed E-state index contributed by atoms with van der Waals surface area (Å²) in [5, 5.41) is 6.94. The van der Waals surface area contributed by atoms with Gasteiger partial charge in [-0.2, -0.15) is 5.10 Å². The number of hydrogen-bond acceptors (Lipinski definition) is 6. The van der Waals surface area contributed by atoms with Gasteiger partial charge in [-0.25, -0.2) is 31.0 Å². The Morgan fingerprint density at radius 3 is 2.48 bits per heavy atom. The fourth-order valence-electron chi connectivity index (χ4n) is 4.02. The van der Waals surface area contributed by atoms with Gasteiger partial charge in [0.25, 0.3) is 6.43 Å². The van der Waals surface area contributed by atoms with Gasteiger partial charge in [0.05, 0.1) is 32.5 Å². The fraction of sp³-hybridized carbons (Fsp3) is 0.214. The van der Waals surface area contributed by atoms with Gasteiger partial charge in [-0.05, 0) is 35.9 Å². The number of aromatic nitrogens is 2. The number of benzene rings is 3. The average Bonchev–Trinajstić information content (AvgIpc) is 3.47. The number of carbonyl (C=O) groups excluding carboxylic acids is 1. The van der Waals surface area contributed by atoms with Crippen LogP contribution >= 0.6 is 11.6 Å².